The van der Waals surface area contributed by atoms with E-state index in [1.165, 1.54) is 16.4 Å². The minimum absolute atomic E-state index is 0.0105. The Labute approximate surface area is 155 Å². The van der Waals surface area contributed by atoms with Gasteiger partial charge in [-0.05, 0) is 17.7 Å². The summed E-state index contributed by atoms with van der Waals surface area (Å²) < 4.78 is 6.95. The molecular weight excluding hydrogens is 360 g/mol. The molecule has 4 rings (SSSR count). The highest BCUT2D eigenvalue weighted by molar-refractivity contribution is 8.00. The number of hydrogen-bond acceptors (Lipinski definition) is 6. The zero-order valence-corrected chi connectivity index (χ0v) is 15.5. The van der Waals surface area contributed by atoms with Gasteiger partial charge < -0.3 is 4.74 Å². The van der Waals surface area contributed by atoms with Crippen LogP contribution >= 0.6 is 23.4 Å². The molecule has 0 aliphatic carbocycles. The summed E-state index contributed by atoms with van der Waals surface area (Å²) >= 11 is 7.71. The van der Waals surface area contributed by atoms with Crippen LogP contribution in [-0.2, 0) is 11.2 Å². The van der Waals surface area contributed by atoms with E-state index in [1.807, 2.05) is 31.2 Å². The molecule has 2 unspecified atom stereocenters. The Morgan fingerprint density at radius 3 is 2.88 bits per heavy atom. The summed E-state index contributed by atoms with van der Waals surface area (Å²) in [7, 11) is 0. The molecule has 0 bridgehead atoms. The van der Waals surface area contributed by atoms with E-state index in [2.05, 4.69) is 15.0 Å². The molecule has 0 amide bonds. The number of aryl methyl sites for hydroxylation is 1. The summed E-state index contributed by atoms with van der Waals surface area (Å²) in [5.41, 5.74) is 1.04. The van der Waals surface area contributed by atoms with Gasteiger partial charge in [0.2, 0.25) is 0 Å². The summed E-state index contributed by atoms with van der Waals surface area (Å²) in [6.07, 6.45) is 0.722. The normalized spacial score (nSPS) is 22.2. The molecule has 6 nitrogen and oxygen atoms in total. The molecule has 1 aromatic heterocycles. The van der Waals surface area contributed by atoms with E-state index >= 15 is 0 Å². The van der Waals surface area contributed by atoms with Gasteiger partial charge in [0.15, 0.2) is 11.0 Å². The predicted octanol–water partition coefficient (Wildman–Crippen LogP) is 2.68. The Morgan fingerprint density at radius 1 is 1.40 bits per heavy atom. The first-order valence-corrected chi connectivity index (χ1v) is 9.67. The molecule has 132 valence electrons. The summed E-state index contributed by atoms with van der Waals surface area (Å²) in [5, 5.41) is 5.43. The number of benzene rings is 1. The molecule has 2 atom stereocenters. The lowest BCUT2D eigenvalue weighted by Crippen LogP contribution is -2.44. The maximum Gasteiger partial charge on any atom is 0.264 e. The standard InChI is InChI=1S/C17H19ClN4O2S/c1-2-13-19-17-22(20-13)16(23)15(25-17)14(21-6-8-24-9-7-21)11-4-3-5-12(18)10-11/h3-5,10,14-15H,2,6-9H2,1H3. The number of rotatable bonds is 4. The number of morpholine rings is 1. The van der Waals surface area contributed by atoms with Crippen molar-refractivity contribution < 1.29 is 9.53 Å². The lowest BCUT2D eigenvalue weighted by molar-refractivity contribution is 0.0152. The molecule has 1 fully saturated rings. The second-order valence-electron chi connectivity index (χ2n) is 6.10. The third-order valence-electron chi connectivity index (χ3n) is 4.54. The van der Waals surface area contributed by atoms with E-state index in [1.54, 1.807) is 0 Å². The molecule has 0 radical (unpaired) electrons. The molecule has 25 heavy (non-hydrogen) atoms. The molecule has 2 aliphatic heterocycles. The maximum atomic E-state index is 13.0. The highest BCUT2D eigenvalue weighted by atomic mass is 35.5. The fourth-order valence-corrected chi connectivity index (χ4v) is 4.79. The number of nitrogens with zero attached hydrogens (tertiary/aromatic N) is 4. The van der Waals surface area contributed by atoms with Crippen molar-refractivity contribution in [2.45, 2.75) is 29.8 Å². The largest absolute Gasteiger partial charge is 0.379 e. The number of aromatic nitrogens is 3. The second kappa shape index (κ2) is 7.07. The van der Waals surface area contributed by atoms with Crippen LogP contribution < -0.4 is 0 Å². The van der Waals surface area contributed by atoms with E-state index < -0.39 is 0 Å². The number of carbonyl (C=O) groups is 1. The number of hydrogen-bond donors (Lipinski definition) is 0. The van der Waals surface area contributed by atoms with Gasteiger partial charge in [-0.15, -0.1) is 5.10 Å². The number of carbonyl (C=O) groups excluding carboxylic acids is 1. The smallest absolute Gasteiger partial charge is 0.264 e. The zero-order chi connectivity index (χ0) is 17.4. The summed E-state index contributed by atoms with van der Waals surface area (Å²) in [6, 6.07) is 7.69. The van der Waals surface area contributed by atoms with Crippen molar-refractivity contribution >= 4 is 29.3 Å². The van der Waals surface area contributed by atoms with Crippen LogP contribution in [0.2, 0.25) is 5.02 Å². The first-order chi connectivity index (χ1) is 12.2. The number of ether oxygens (including phenoxy) is 1. The Morgan fingerprint density at radius 2 is 2.20 bits per heavy atom. The van der Waals surface area contributed by atoms with Crippen LogP contribution in [0.3, 0.4) is 0 Å². The molecule has 0 N–H and O–H groups in total. The van der Waals surface area contributed by atoms with E-state index in [4.69, 9.17) is 16.3 Å². The number of fused-ring (bicyclic) bond motifs is 1. The fraction of sp³-hybridized carbons (Fsp3) is 0.471. The lowest BCUT2D eigenvalue weighted by Gasteiger charge is -2.36. The summed E-state index contributed by atoms with van der Waals surface area (Å²) in [6.45, 7) is 4.91. The first-order valence-electron chi connectivity index (χ1n) is 8.41. The highest BCUT2D eigenvalue weighted by Crippen LogP contribution is 2.41. The summed E-state index contributed by atoms with van der Waals surface area (Å²) in [5.74, 6) is 0.698. The fourth-order valence-electron chi connectivity index (χ4n) is 3.32. The van der Waals surface area contributed by atoms with Crippen molar-refractivity contribution in [3.63, 3.8) is 0 Å². The first kappa shape index (κ1) is 17.0. The Kier molecular flexibility index (Phi) is 4.82. The van der Waals surface area contributed by atoms with Crippen molar-refractivity contribution in [1.29, 1.82) is 0 Å². The van der Waals surface area contributed by atoms with Crippen molar-refractivity contribution in [2.75, 3.05) is 26.3 Å². The second-order valence-corrected chi connectivity index (χ2v) is 7.65. The molecular formula is C17H19ClN4O2S. The summed E-state index contributed by atoms with van der Waals surface area (Å²) in [4.78, 5) is 19.8. The van der Waals surface area contributed by atoms with Crippen LogP contribution in [0.5, 0.6) is 0 Å². The highest BCUT2D eigenvalue weighted by Gasteiger charge is 2.43. The van der Waals surface area contributed by atoms with Gasteiger partial charge in [-0.1, -0.05) is 42.4 Å². The van der Waals surface area contributed by atoms with Crippen molar-refractivity contribution in [3.05, 3.63) is 40.7 Å². The average Bonchev–Trinajstić information content (AvgIpc) is 3.16. The molecule has 0 saturated carbocycles. The van der Waals surface area contributed by atoms with Gasteiger partial charge in [0, 0.05) is 24.5 Å². The molecule has 1 saturated heterocycles. The maximum absolute atomic E-state index is 13.0. The van der Waals surface area contributed by atoms with Crippen LogP contribution in [0.4, 0.5) is 0 Å². The van der Waals surface area contributed by atoms with Gasteiger partial charge in [0.1, 0.15) is 5.25 Å². The van der Waals surface area contributed by atoms with Crippen molar-refractivity contribution in [2.24, 2.45) is 0 Å². The monoisotopic (exact) mass is 378 g/mol. The lowest BCUT2D eigenvalue weighted by atomic mass is 10.0. The van der Waals surface area contributed by atoms with Gasteiger partial charge in [-0.3, -0.25) is 9.69 Å². The minimum Gasteiger partial charge on any atom is -0.379 e. The number of thioether (sulfide) groups is 1. The van der Waals surface area contributed by atoms with Gasteiger partial charge in [0.25, 0.3) is 5.91 Å². The van der Waals surface area contributed by atoms with Crippen LogP contribution in [0.15, 0.2) is 29.4 Å². The van der Waals surface area contributed by atoms with Crippen molar-refractivity contribution in [1.82, 2.24) is 19.7 Å². The average molecular weight is 379 g/mol. The van der Waals surface area contributed by atoms with Crippen molar-refractivity contribution in [3.8, 4) is 0 Å². The quantitative estimate of drug-likeness (QED) is 0.815. The Bertz CT molecular complexity index is 791. The molecule has 2 aromatic rings. The Hall–Kier alpha value is -1.41. The van der Waals surface area contributed by atoms with E-state index in [-0.39, 0.29) is 17.2 Å². The minimum atomic E-state index is -0.280. The number of halogens is 1. The SMILES string of the molecule is CCc1nc2n(n1)C(=O)C(C(c1cccc(Cl)c1)N1CCOCC1)S2. The van der Waals surface area contributed by atoms with Crippen LogP contribution in [0, 0.1) is 0 Å². The zero-order valence-electron chi connectivity index (χ0n) is 13.9. The topological polar surface area (TPSA) is 60.2 Å². The van der Waals surface area contributed by atoms with Gasteiger partial charge in [-0.2, -0.15) is 4.68 Å². The molecule has 2 aliphatic rings. The van der Waals surface area contributed by atoms with E-state index in [0.29, 0.717) is 29.2 Å². The van der Waals surface area contributed by atoms with E-state index in [9.17, 15) is 4.79 Å². The molecule has 8 heteroatoms. The predicted molar refractivity (Wildman–Crippen MR) is 96.3 cm³/mol. The molecule has 0 spiro atoms. The molecule has 3 heterocycles. The Balaban J connectivity index is 1.68. The van der Waals surface area contributed by atoms with E-state index in [0.717, 1.165) is 25.1 Å². The molecule has 1 aromatic carbocycles. The van der Waals surface area contributed by atoms with Crippen LogP contribution in [0.25, 0.3) is 0 Å². The third kappa shape index (κ3) is 3.21. The van der Waals surface area contributed by atoms with Gasteiger partial charge in [-0.25, -0.2) is 4.98 Å². The van der Waals surface area contributed by atoms with Crippen LogP contribution in [-0.4, -0.2) is 57.1 Å². The van der Waals surface area contributed by atoms with Crippen LogP contribution in [0.1, 0.15) is 29.1 Å². The third-order valence-corrected chi connectivity index (χ3v) is 5.96. The van der Waals surface area contributed by atoms with Gasteiger partial charge in [0.05, 0.1) is 19.3 Å². The van der Waals surface area contributed by atoms with Gasteiger partial charge >= 0.3 is 0 Å².